The number of benzene rings is 1. The Kier molecular flexibility index (Phi) is 12.7. The van der Waals surface area contributed by atoms with Crippen LogP contribution in [-0.4, -0.2) is 113 Å². The minimum Gasteiger partial charge on any atom is -0.493 e. The van der Waals surface area contributed by atoms with E-state index < -0.39 is 52.9 Å². The van der Waals surface area contributed by atoms with Gasteiger partial charge in [-0.2, -0.15) is 0 Å². The second-order valence-electron chi connectivity index (χ2n) is 13.1. The molecule has 5 atom stereocenters. The number of methoxy groups -OCH3 is 1. The largest absolute Gasteiger partial charge is 0.493 e. The quantitative estimate of drug-likeness (QED) is 0.0702. The third kappa shape index (κ3) is 10.1. The molecule has 0 spiro atoms. The molecule has 1 fully saturated rings. The van der Waals surface area contributed by atoms with Gasteiger partial charge in [-0.25, -0.2) is 0 Å². The number of nitrogens with two attached hydrogens (primary N) is 2. The Morgan fingerprint density at radius 2 is 1.64 bits per heavy atom. The third-order valence-corrected chi connectivity index (χ3v) is 8.39. The highest BCUT2D eigenvalue weighted by Gasteiger charge is 2.68. The van der Waals surface area contributed by atoms with Crippen LogP contribution in [0.15, 0.2) is 18.2 Å². The van der Waals surface area contributed by atoms with Gasteiger partial charge in [-0.1, -0.05) is 19.9 Å². The number of primary amides is 1. The lowest BCUT2D eigenvalue weighted by Crippen LogP contribution is -2.73. The zero-order valence-corrected chi connectivity index (χ0v) is 27.2. The molecule has 1 aliphatic rings. The maximum Gasteiger partial charge on any atom is 0.388 e. The van der Waals surface area contributed by atoms with E-state index in [1.165, 1.54) is 19.2 Å². The smallest absolute Gasteiger partial charge is 0.388 e. The highest BCUT2D eigenvalue weighted by molar-refractivity contribution is 5.83. The van der Waals surface area contributed by atoms with Crippen molar-refractivity contribution in [1.82, 2.24) is 10.6 Å². The van der Waals surface area contributed by atoms with Crippen LogP contribution in [0.25, 0.3) is 0 Å². The summed E-state index contributed by atoms with van der Waals surface area (Å²) in [5.41, 5.74) is 9.63. The molecule has 270 valence electrons. The lowest BCUT2D eigenvalue weighted by Gasteiger charge is -2.41. The topological polar surface area (TPSA) is 320 Å². The Morgan fingerprint density at radius 3 is 2.15 bits per heavy atom. The van der Waals surface area contributed by atoms with Gasteiger partial charge >= 0.3 is 23.8 Å². The molecular weight excluding hydrogens is 628 g/mol. The van der Waals surface area contributed by atoms with Crippen molar-refractivity contribution < 1.29 is 69.8 Å². The number of ether oxygens (including phenoxy) is 3. The number of carbonyl (C=O) groups is 2. The first-order valence-electron chi connectivity index (χ1n) is 14.9. The number of rotatable bonds is 17. The molecule has 18 nitrogen and oxygen atoms in total. The monoisotopic (exact) mass is 678 g/mol. The molecule has 1 aliphatic heterocycles. The Bertz CT molecular complexity index is 1230. The molecule has 0 aliphatic carbocycles. The summed E-state index contributed by atoms with van der Waals surface area (Å²) in [6, 6.07) is 3.71. The normalized spacial score (nSPS) is 21.0. The molecule has 1 saturated heterocycles. The average molecular weight is 679 g/mol. The number of nitrogens with one attached hydrogen (secondary N) is 2. The third-order valence-electron chi connectivity index (χ3n) is 8.39. The van der Waals surface area contributed by atoms with E-state index in [1.54, 1.807) is 19.9 Å². The first-order chi connectivity index (χ1) is 21.2. The molecule has 5 unspecified atom stereocenters. The van der Waals surface area contributed by atoms with Crippen LogP contribution in [0, 0.1) is 23.2 Å². The highest BCUT2D eigenvalue weighted by Crippen LogP contribution is 2.38. The molecule has 47 heavy (non-hydrogen) atoms. The molecule has 2 amide bonds. The van der Waals surface area contributed by atoms with Gasteiger partial charge in [0.25, 0.3) is 0 Å². The Balaban J connectivity index is 2.17. The summed E-state index contributed by atoms with van der Waals surface area (Å²) in [5, 5.41) is 95.7. The number of aliphatic hydroxyl groups is 9. The summed E-state index contributed by atoms with van der Waals surface area (Å²) >= 11 is 0. The molecule has 18 heteroatoms. The van der Waals surface area contributed by atoms with E-state index in [-0.39, 0.29) is 48.5 Å². The van der Waals surface area contributed by atoms with Crippen molar-refractivity contribution >= 4 is 11.8 Å². The lowest BCUT2D eigenvalue weighted by molar-refractivity contribution is -0.583. The van der Waals surface area contributed by atoms with E-state index in [2.05, 4.69) is 21.1 Å². The minimum atomic E-state index is -4.56. The molecule has 1 aromatic carbocycles. The van der Waals surface area contributed by atoms with Crippen molar-refractivity contribution in [3.63, 3.8) is 0 Å². The zero-order chi connectivity index (χ0) is 36.3. The van der Waals surface area contributed by atoms with Crippen LogP contribution in [-0.2, 0) is 20.7 Å². The van der Waals surface area contributed by atoms with Gasteiger partial charge < -0.3 is 71.8 Å². The summed E-state index contributed by atoms with van der Waals surface area (Å²) in [5.74, 6) is -15.6. The van der Waals surface area contributed by atoms with Gasteiger partial charge in [0.1, 0.15) is 0 Å². The molecule has 1 heterocycles. The van der Waals surface area contributed by atoms with E-state index in [1.807, 2.05) is 20.8 Å². The summed E-state index contributed by atoms with van der Waals surface area (Å²) < 4.78 is 13.7. The van der Waals surface area contributed by atoms with Gasteiger partial charge in [0.15, 0.2) is 11.5 Å². The van der Waals surface area contributed by atoms with Crippen molar-refractivity contribution in [2.24, 2.45) is 34.6 Å². The van der Waals surface area contributed by atoms with E-state index in [0.717, 1.165) is 0 Å². The van der Waals surface area contributed by atoms with Crippen LogP contribution in [0.2, 0.25) is 0 Å². The van der Waals surface area contributed by atoms with E-state index in [0.29, 0.717) is 18.4 Å². The highest BCUT2D eigenvalue weighted by atomic mass is 16.9. The van der Waals surface area contributed by atoms with Crippen molar-refractivity contribution in [2.45, 2.75) is 95.9 Å². The molecule has 0 saturated carbocycles. The second kappa shape index (κ2) is 14.8. The predicted molar refractivity (Wildman–Crippen MR) is 161 cm³/mol. The molecule has 0 bridgehead atoms. The summed E-state index contributed by atoms with van der Waals surface area (Å²) in [6.45, 7) is 8.91. The molecule has 2 rings (SSSR count). The summed E-state index contributed by atoms with van der Waals surface area (Å²) in [4.78, 5) is 24.6. The predicted octanol–water partition coefficient (Wildman–Crippen LogP) is -3.84. The maximum absolute atomic E-state index is 13.0. The fourth-order valence-electron chi connectivity index (χ4n) is 5.18. The molecular formula is C29H50N4O14. The first-order valence-corrected chi connectivity index (χ1v) is 14.9. The van der Waals surface area contributed by atoms with E-state index >= 15 is 0 Å². The second-order valence-corrected chi connectivity index (χ2v) is 13.1. The lowest BCUT2D eigenvalue weighted by atomic mass is 9.85. The van der Waals surface area contributed by atoms with Gasteiger partial charge in [-0.3, -0.25) is 20.1 Å². The standard InChI is InChI=1S/C29H50N4O14/c1-14(2)18(23(35)32-13-25(4,5)24(30)36)12-20(34)19-11-17(15(3)33-19)9-16-7-8-21(45-6)22(10-16)46-27(39,40)26(37,38)28(41,42)47-29(31,43)44/h7-8,10,14-15,17-20,33-34,37-44H,9,11-13,31H2,1-6H3,(H2,30,36)(H,32,35). The van der Waals surface area contributed by atoms with Crippen LogP contribution in [0.3, 0.4) is 0 Å². The van der Waals surface area contributed by atoms with Gasteiger partial charge in [-0.15, -0.1) is 0 Å². The van der Waals surface area contributed by atoms with Gasteiger partial charge in [-0.05, 0) is 69.6 Å². The van der Waals surface area contributed by atoms with Crippen LogP contribution < -0.4 is 31.6 Å². The molecule has 0 radical (unpaired) electrons. The Hall–Kier alpha value is -2.72. The van der Waals surface area contributed by atoms with Gasteiger partial charge in [0.2, 0.25) is 11.8 Å². The number of aliphatic hydroxyl groups excluding tert-OH is 1. The minimum absolute atomic E-state index is 0.0501. The van der Waals surface area contributed by atoms with Crippen LogP contribution in [0.5, 0.6) is 11.5 Å². The van der Waals surface area contributed by atoms with Crippen LogP contribution in [0.1, 0.15) is 53.0 Å². The van der Waals surface area contributed by atoms with Crippen LogP contribution >= 0.6 is 0 Å². The fourth-order valence-corrected chi connectivity index (χ4v) is 5.18. The zero-order valence-electron chi connectivity index (χ0n) is 27.2. The van der Waals surface area contributed by atoms with Crippen molar-refractivity contribution in [2.75, 3.05) is 13.7 Å². The maximum atomic E-state index is 13.0. The van der Waals surface area contributed by atoms with E-state index in [9.17, 15) is 45.3 Å². The summed E-state index contributed by atoms with van der Waals surface area (Å²) in [7, 11) is 1.19. The van der Waals surface area contributed by atoms with Crippen molar-refractivity contribution in [3.05, 3.63) is 23.8 Å². The average Bonchev–Trinajstić information content (AvgIpc) is 3.28. The number of hydrogen-bond acceptors (Lipinski definition) is 16. The fraction of sp³-hybridized carbons (Fsp3) is 0.724. The molecule has 15 N–H and O–H groups in total. The van der Waals surface area contributed by atoms with Gasteiger partial charge in [0, 0.05) is 24.5 Å². The van der Waals surface area contributed by atoms with E-state index in [4.69, 9.17) is 25.4 Å². The molecule has 0 aromatic heterocycles. The number of amides is 2. The number of carbonyl (C=O) groups excluding carboxylic acids is 2. The first kappa shape index (κ1) is 40.5. The van der Waals surface area contributed by atoms with Crippen molar-refractivity contribution in [1.29, 1.82) is 0 Å². The number of hydrogen-bond donors (Lipinski definition) is 13. The van der Waals surface area contributed by atoms with Crippen LogP contribution in [0.4, 0.5) is 0 Å². The SMILES string of the molecule is COc1ccc(CC2CC(C(O)CC(C(=O)NCC(C)(C)C(N)=O)C(C)C)NC2C)cc1OC(O)(O)C(O)(O)C(O)(O)OC(N)(O)O. The Labute approximate surface area is 271 Å². The Morgan fingerprint density at radius 1 is 1.04 bits per heavy atom. The van der Waals surface area contributed by atoms with Gasteiger partial charge in [0.05, 0.1) is 18.6 Å². The van der Waals surface area contributed by atoms with Crippen molar-refractivity contribution in [3.8, 4) is 11.5 Å². The molecule has 1 aromatic rings. The summed E-state index contributed by atoms with van der Waals surface area (Å²) in [6.07, 6.45) is -3.80.